The normalized spacial score (nSPS) is 28.2. The van der Waals surface area contributed by atoms with Gasteiger partial charge in [-0.3, -0.25) is 4.90 Å². The van der Waals surface area contributed by atoms with Crippen molar-refractivity contribution in [2.75, 3.05) is 37.4 Å². The molecule has 118 valence electrons. The lowest BCUT2D eigenvalue weighted by Crippen LogP contribution is -2.52. The highest BCUT2D eigenvalue weighted by molar-refractivity contribution is 8.00. The Bertz CT molecular complexity index is 423. The van der Waals surface area contributed by atoms with E-state index in [9.17, 15) is 8.42 Å². The molecule has 0 aromatic carbocycles. The largest absolute Gasteiger partial charge is 0.313 e. The Morgan fingerprint density at radius 1 is 1.40 bits per heavy atom. The summed E-state index contributed by atoms with van der Waals surface area (Å²) in [5, 5.41) is 3.31. The molecule has 2 atom stereocenters. The highest BCUT2D eigenvalue weighted by atomic mass is 32.2. The maximum atomic E-state index is 12.0. The molecule has 0 amide bonds. The summed E-state index contributed by atoms with van der Waals surface area (Å²) < 4.78 is 24.0. The van der Waals surface area contributed by atoms with Crippen LogP contribution in [0.1, 0.15) is 33.1 Å². The molecule has 0 radical (unpaired) electrons. The van der Waals surface area contributed by atoms with Gasteiger partial charge in [0.05, 0.1) is 0 Å². The Hall–Kier alpha value is 0.220. The number of nitrogens with one attached hydrogen (secondary N) is 1. The number of thioether (sulfide) groups is 1. The van der Waals surface area contributed by atoms with Gasteiger partial charge < -0.3 is 5.32 Å². The molecule has 0 spiro atoms. The minimum Gasteiger partial charge on any atom is -0.313 e. The Morgan fingerprint density at radius 3 is 2.65 bits per heavy atom. The van der Waals surface area contributed by atoms with Crippen LogP contribution < -0.4 is 5.32 Å². The third-order valence-corrected chi connectivity index (χ3v) is 7.20. The van der Waals surface area contributed by atoms with E-state index in [4.69, 9.17) is 0 Å². The van der Waals surface area contributed by atoms with Crippen molar-refractivity contribution in [3.63, 3.8) is 0 Å². The van der Waals surface area contributed by atoms with E-state index in [1.807, 2.05) is 0 Å². The molecule has 2 unspecified atom stereocenters. The lowest BCUT2D eigenvalue weighted by atomic mass is 9.86. The quantitative estimate of drug-likeness (QED) is 0.772. The summed E-state index contributed by atoms with van der Waals surface area (Å²) in [6, 6.07) is 0.712. The van der Waals surface area contributed by atoms with Crippen molar-refractivity contribution in [1.29, 1.82) is 0 Å². The molecule has 6 heteroatoms. The van der Waals surface area contributed by atoms with E-state index in [2.05, 4.69) is 24.1 Å². The van der Waals surface area contributed by atoms with E-state index in [0.717, 1.165) is 31.8 Å². The fraction of sp³-hybridized carbons (Fsp3) is 1.00. The van der Waals surface area contributed by atoms with Crippen LogP contribution in [0.2, 0.25) is 0 Å². The van der Waals surface area contributed by atoms with Crippen molar-refractivity contribution in [3.05, 3.63) is 0 Å². The van der Waals surface area contributed by atoms with Crippen molar-refractivity contribution < 1.29 is 8.42 Å². The van der Waals surface area contributed by atoms with E-state index in [-0.39, 0.29) is 10.8 Å². The van der Waals surface area contributed by atoms with Gasteiger partial charge in [0.2, 0.25) is 0 Å². The molecule has 0 aromatic heterocycles. The molecule has 1 saturated carbocycles. The first kappa shape index (κ1) is 16.6. The summed E-state index contributed by atoms with van der Waals surface area (Å²) >= 11 is 1.76. The van der Waals surface area contributed by atoms with Gasteiger partial charge in [0, 0.05) is 43.4 Å². The third kappa shape index (κ3) is 4.61. The SMILES string of the molecule is CCC(C)(CNC1CC1)CN1CCSCC1S(C)(=O)=O. The highest BCUT2D eigenvalue weighted by Crippen LogP contribution is 2.29. The second kappa shape index (κ2) is 6.55. The van der Waals surface area contributed by atoms with Gasteiger partial charge in [0.1, 0.15) is 5.37 Å². The third-order valence-electron chi connectivity index (χ3n) is 4.52. The summed E-state index contributed by atoms with van der Waals surface area (Å²) in [4.78, 5) is 2.20. The van der Waals surface area contributed by atoms with Crippen LogP contribution in [0.25, 0.3) is 0 Å². The van der Waals surface area contributed by atoms with Crippen LogP contribution in [0.15, 0.2) is 0 Å². The standard InChI is InChI=1S/C14H28N2O2S2/c1-4-14(2,10-15-12-5-6-12)11-16-7-8-19-9-13(16)20(3,17)18/h12-13,15H,4-11H2,1-3H3. The minimum atomic E-state index is -2.99. The topological polar surface area (TPSA) is 49.4 Å². The molecule has 0 aromatic rings. The van der Waals surface area contributed by atoms with Crippen LogP contribution in [0.5, 0.6) is 0 Å². The minimum absolute atomic E-state index is 0.160. The van der Waals surface area contributed by atoms with Crippen molar-refractivity contribution in [1.82, 2.24) is 10.2 Å². The van der Waals surface area contributed by atoms with E-state index in [1.54, 1.807) is 11.8 Å². The monoisotopic (exact) mass is 320 g/mol. The average Bonchev–Trinajstić information content (AvgIpc) is 3.20. The number of hydrogen-bond donors (Lipinski definition) is 1. The molecular weight excluding hydrogens is 292 g/mol. The highest BCUT2D eigenvalue weighted by Gasteiger charge is 2.36. The Kier molecular flexibility index (Phi) is 5.43. The predicted molar refractivity (Wildman–Crippen MR) is 87.0 cm³/mol. The first-order valence-corrected chi connectivity index (χ1v) is 10.7. The first-order chi connectivity index (χ1) is 9.34. The molecule has 2 rings (SSSR count). The van der Waals surface area contributed by atoms with Crippen LogP contribution in [0, 0.1) is 5.41 Å². The molecular formula is C14H28N2O2S2. The van der Waals surface area contributed by atoms with E-state index >= 15 is 0 Å². The molecule has 1 heterocycles. The molecule has 2 fully saturated rings. The van der Waals surface area contributed by atoms with Crippen molar-refractivity contribution >= 4 is 21.6 Å². The van der Waals surface area contributed by atoms with Crippen LogP contribution in [0.3, 0.4) is 0 Å². The number of nitrogens with zero attached hydrogens (tertiary/aromatic N) is 1. The van der Waals surface area contributed by atoms with E-state index in [1.165, 1.54) is 19.1 Å². The van der Waals surface area contributed by atoms with Gasteiger partial charge in [0.15, 0.2) is 9.84 Å². The van der Waals surface area contributed by atoms with Gasteiger partial charge in [-0.1, -0.05) is 13.8 Å². The first-order valence-electron chi connectivity index (χ1n) is 7.58. The maximum absolute atomic E-state index is 12.0. The lowest BCUT2D eigenvalue weighted by molar-refractivity contribution is 0.151. The zero-order valence-electron chi connectivity index (χ0n) is 12.9. The molecule has 4 nitrogen and oxygen atoms in total. The van der Waals surface area contributed by atoms with Crippen LogP contribution in [-0.4, -0.2) is 62.1 Å². The summed E-state index contributed by atoms with van der Waals surface area (Å²) in [6.45, 7) is 7.25. The second-order valence-electron chi connectivity index (χ2n) is 6.65. The summed E-state index contributed by atoms with van der Waals surface area (Å²) in [6.07, 6.45) is 5.05. The van der Waals surface area contributed by atoms with E-state index in [0.29, 0.717) is 11.8 Å². The van der Waals surface area contributed by atoms with Gasteiger partial charge in [-0.05, 0) is 24.7 Å². The Balaban J connectivity index is 1.99. The average molecular weight is 321 g/mol. The number of rotatable bonds is 7. The van der Waals surface area contributed by atoms with Crippen LogP contribution in [-0.2, 0) is 9.84 Å². The van der Waals surface area contributed by atoms with Crippen molar-refractivity contribution in [2.24, 2.45) is 5.41 Å². The molecule has 1 aliphatic heterocycles. The summed E-state index contributed by atoms with van der Waals surface area (Å²) in [7, 11) is -2.99. The Morgan fingerprint density at radius 2 is 2.10 bits per heavy atom. The van der Waals surface area contributed by atoms with Crippen LogP contribution >= 0.6 is 11.8 Å². The lowest BCUT2D eigenvalue weighted by Gasteiger charge is -2.40. The zero-order valence-corrected chi connectivity index (χ0v) is 14.5. The second-order valence-corrected chi connectivity index (χ2v) is 10.0. The van der Waals surface area contributed by atoms with Gasteiger partial charge >= 0.3 is 0 Å². The summed E-state index contributed by atoms with van der Waals surface area (Å²) in [5.74, 6) is 1.76. The van der Waals surface area contributed by atoms with E-state index < -0.39 is 9.84 Å². The van der Waals surface area contributed by atoms with Gasteiger partial charge in [-0.25, -0.2) is 8.42 Å². The van der Waals surface area contributed by atoms with Crippen molar-refractivity contribution in [3.8, 4) is 0 Å². The van der Waals surface area contributed by atoms with Crippen molar-refractivity contribution in [2.45, 2.75) is 44.5 Å². The Labute approximate surface area is 128 Å². The van der Waals surface area contributed by atoms with Crippen LogP contribution in [0.4, 0.5) is 0 Å². The molecule has 1 saturated heterocycles. The van der Waals surface area contributed by atoms with Gasteiger partial charge in [0.25, 0.3) is 0 Å². The molecule has 2 aliphatic rings. The zero-order chi connectivity index (χ0) is 14.8. The fourth-order valence-electron chi connectivity index (χ4n) is 2.65. The molecule has 1 N–H and O–H groups in total. The number of sulfone groups is 1. The molecule has 0 bridgehead atoms. The van der Waals surface area contributed by atoms with Gasteiger partial charge in [-0.15, -0.1) is 0 Å². The predicted octanol–water partition coefficient (Wildman–Crippen LogP) is 1.57. The summed E-state index contributed by atoms with van der Waals surface area (Å²) in [5.41, 5.74) is 0.160. The maximum Gasteiger partial charge on any atom is 0.164 e. The molecule has 20 heavy (non-hydrogen) atoms. The fourth-order valence-corrected chi connectivity index (χ4v) is 5.59. The smallest absolute Gasteiger partial charge is 0.164 e. The molecule has 1 aliphatic carbocycles. The number of hydrogen-bond acceptors (Lipinski definition) is 5. The van der Waals surface area contributed by atoms with Gasteiger partial charge in [-0.2, -0.15) is 11.8 Å².